The monoisotopic (exact) mass is 156 g/mol. The van der Waals surface area contributed by atoms with Gasteiger partial charge in [0.2, 0.25) is 0 Å². The van der Waals surface area contributed by atoms with Crippen molar-refractivity contribution in [3.8, 4) is 0 Å². The van der Waals surface area contributed by atoms with E-state index < -0.39 is 5.67 Å². The van der Waals surface area contributed by atoms with Gasteiger partial charge in [0.25, 0.3) is 0 Å². The molecule has 2 saturated carbocycles. The van der Waals surface area contributed by atoms with Gasteiger partial charge < -0.3 is 0 Å². The van der Waals surface area contributed by atoms with Crippen molar-refractivity contribution in [3.05, 3.63) is 0 Å². The number of Topliss-reactive ketones (excluding diaryl/α,β-unsaturated/α-hetero) is 1. The second kappa shape index (κ2) is 1.85. The van der Waals surface area contributed by atoms with Crippen LogP contribution in [-0.2, 0) is 4.79 Å². The summed E-state index contributed by atoms with van der Waals surface area (Å²) in [7, 11) is 0. The van der Waals surface area contributed by atoms with Crippen LogP contribution in [0.25, 0.3) is 0 Å². The Morgan fingerprint density at radius 1 is 1.45 bits per heavy atom. The molecule has 0 radical (unpaired) electrons. The van der Waals surface area contributed by atoms with E-state index in [-0.39, 0.29) is 11.7 Å². The van der Waals surface area contributed by atoms with Crippen LogP contribution in [0.2, 0.25) is 0 Å². The van der Waals surface area contributed by atoms with Gasteiger partial charge in [-0.2, -0.15) is 0 Å². The minimum atomic E-state index is -0.971. The molecule has 0 heterocycles. The third kappa shape index (κ3) is 0.996. The van der Waals surface area contributed by atoms with Crippen LogP contribution in [-0.4, -0.2) is 11.5 Å². The lowest BCUT2D eigenvalue weighted by Crippen LogP contribution is -2.17. The predicted molar refractivity (Wildman–Crippen MR) is 39.9 cm³/mol. The molecule has 0 aromatic heterocycles. The van der Waals surface area contributed by atoms with Gasteiger partial charge in [0.1, 0.15) is 11.5 Å². The largest absolute Gasteiger partial charge is 0.300 e. The number of fused-ring (bicyclic) bond motifs is 1. The Balaban J connectivity index is 2.01. The third-order valence-corrected chi connectivity index (χ3v) is 3.12. The first-order valence-corrected chi connectivity index (χ1v) is 4.21. The van der Waals surface area contributed by atoms with Gasteiger partial charge in [-0.25, -0.2) is 4.39 Å². The zero-order valence-electron chi connectivity index (χ0n) is 6.93. The van der Waals surface area contributed by atoms with E-state index in [1.54, 1.807) is 13.8 Å². The third-order valence-electron chi connectivity index (χ3n) is 3.12. The molecule has 2 rings (SSSR count). The van der Waals surface area contributed by atoms with E-state index in [2.05, 4.69) is 0 Å². The highest BCUT2D eigenvalue weighted by atomic mass is 19.1. The molecule has 0 bridgehead atoms. The van der Waals surface area contributed by atoms with Crippen molar-refractivity contribution < 1.29 is 9.18 Å². The van der Waals surface area contributed by atoms with E-state index in [1.165, 1.54) is 0 Å². The lowest BCUT2D eigenvalue weighted by molar-refractivity contribution is -0.119. The molecule has 0 aromatic rings. The van der Waals surface area contributed by atoms with Crippen molar-refractivity contribution in [2.24, 2.45) is 17.8 Å². The summed E-state index contributed by atoms with van der Waals surface area (Å²) in [5.41, 5.74) is -0.971. The van der Waals surface area contributed by atoms with Crippen LogP contribution in [0.15, 0.2) is 0 Å². The fraction of sp³-hybridized carbons (Fsp3) is 0.889. The summed E-state index contributed by atoms with van der Waals surface area (Å²) in [5.74, 6) is 1.26. The summed E-state index contributed by atoms with van der Waals surface area (Å²) in [6.45, 7) is 3.27. The number of hydrogen-bond acceptors (Lipinski definition) is 1. The second-order valence-electron chi connectivity index (χ2n) is 4.29. The SMILES string of the molecule is CC(=O)C1C2CC(C)(F)CC21. The van der Waals surface area contributed by atoms with E-state index in [0.29, 0.717) is 24.7 Å². The molecule has 11 heavy (non-hydrogen) atoms. The molecule has 0 aliphatic heterocycles. The Morgan fingerprint density at radius 3 is 2.27 bits per heavy atom. The van der Waals surface area contributed by atoms with Crippen LogP contribution in [0.4, 0.5) is 4.39 Å². The van der Waals surface area contributed by atoms with Crippen LogP contribution in [0, 0.1) is 17.8 Å². The highest BCUT2D eigenvalue weighted by Crippen LogP contribution is 2.62. The first-order valence-electron chi connectivity index (χ1n) is 4.21. The molecule has 0 amide bonds. The van der Waals surface area contributed by atoms with Gasteiger partial charge in [0.05, 0.1) is 0 Å². The smallest absolute Gasteiger partial charge is 0.133 e. The van der Waals surface area contributed by atoms with Crippen LogP contribution < -0.4 is 0 Å². The topological polar surface area (TPSA) is 17.1 Å². The molecule has 0 N–H and O–H groups in total. The van der Waals surface area contributed by atoms with Crippen LogP contribution in [0.1, 0.15) is 26.7 Å². The van der Waals surface area contributed by atoms with Gasteiger partial charge in [-0.15, -0.1) is 0 Å². The second-order valence-corrected chi connectivity index (χ2v) is 4.29. The minimum Gasteiger partial charge on any atom is -0.300 e. The molecule has 0 saturated heterocycles. The molecule has 0 aromatic carbocycles. The molecule has 2 fully saturated rings. The number of hydrogen-bond donors (Lipinski definition) is 0. The Hall–Kier alpha value is -0.400. The summed E-state index contributed by atoms with van der Waals surface area (Å²) in [4.78, 5) is 10.9. The number of rotatable bonds is 1. The number of carbonyl (C=O) groups is 1. The first kappa shape index (κ1) is 7.26. The van der Waals surface area contributed by atoms with E-state index in [9.17, 15) is 9.18 Å². The van der Waals surface area contributed by atoms with Gasteiger partial charge in [-0.3, -0.25) is 4.79 Å². The average Bonchev–Trinajstić information content (AvgIpc) is 2.31. The number of carbonyl (C=O) groups excluding carboxylic acids is 1. The normalized spacial score (nSPS) is 53.9. The maximum absolute atomic E-state index is 13.2. The van der Waals surface area contributed by atoms with E-state index in [0.717, 1.165) is 0 Å². The number of ketones is 1. The number of alkyl halides is 1. The first-order chi connectivity index (χ1) is 5.01. The maximum Gasteiger partial charge on any atom is 0.133 e. The summed E-state index contributed by atoms with van der Waals surface area (Å²) >= 11 is 0. The standard InChI is InChI=1S/C9H13FO/c1-5(11)8-6-3-9(2,10)4-7(6)8/h6-8H,3-4H2,1-2H3. The van der Waals surface area contributed by atoms with Crippen molar-refractivity contribution in [1.29, 1.82) is 0 Å². The van der Waals surface area contributed by atoms with E-state index >= 15 is 0 Å². The van der Waals surface area contributed by atoms with E-state index in [4.69, 9.17) is 0 Å². The fourth-order valence-corrected chi connectivity index (χ4v) is 2.67. The van der Waals surface area contributed by atoms with Crippen LogP contribution in [0.5, 0.6) is 0 Å². The van der Waals surface area contributed by atoms with Gasteiger partial charge in [-0.05, 0) is 38.5 Å². The molecule has 2 aliphatic carbocycles. The summed E-state index contributed by atoms with van der Waals surface area (Å²) in [6.07, 6.45) is 1.23. The van der Waals surface area contributed by atoms with Crippen molar-refractivity contribution in [1.82, 2.24) is 0 Å². The summed E-state index contributed by atoms with van der Waals surface area (Å²) < 4.78 is 13.2. The molecule has 2 aliphatic rings. The Labute approximate surface area is 66.0 Å². The van der Waals surface area contributed by atoms with Gasteiger partial charge in [0, 0.05) is 5.92 Å². The Kier molecular flexibility index (Phi) is 1.22. The highest BCUT2D eigenvalue weighted by molar-refractivity contribution is 5.82. The van der Waals surface area contributed by atoms with Crippen LogP contribution >= 0.6 is 0 Å². The lowest BCUT2D eigenvalue weighted by Gasteiger charge is -2.15. The average molecular weight is 156 g/mol. The molecule has 0 spiro atoms. The van der Waals surface area contributed by atoms with Gasteiger partial charge in [0.15, 0.2) is 0 Å². The Bertz CT molecular complexity index is 196. The molecule has 2 heteroatoms. The predicted octanol–water partition coefficient (Wildman–Crippen LogP) is 1.96. The zero-order valence-corrected chi connectivity index (χ0v) is 6.93. The van der Waals surface area contributed by atoms with Crippen molar-refractivity contribution >= 4 is 5.78 Å². The quantitative estimate of drug-likeness (QED) is 0.567. The molecule has 62 valence electrons. The molecular formula is C9H13FO. The lowest BCUT2D eigenvalue weighted by atomic mass is 9.98. The number of halogens is 1. The summed E-state index contributed by atoms with van der Waals surface area (Å²) in [5, 5.41) is 0. The molecule has 2 unspecified atom stereocenters. The van der Waals surface area contributed by atoms with E-state index in [1.807, 2.05) is 0 Å². The zero-order chi connectivity index (χ0) is 8.22. The van der Waals surface area contributed by atoms with Crippen molar-refractivity contribution in [3.63, 3.8) is 0 Å². The van der Waals surface area contributed by atoms with Crippen LogP contribution in [0.3, 0.4) is 0 Å². The molecule has 2 atom stereocenters. The van der Waals surface area contributed by atoms with Crippen molar-refractivity contribution in [2.75, 3.05) is 0 Å². The fourth-order valence-electron chi connectivity index (χ4n) is 2.67. The molecule has 1 nitrogen and oxygen atoms in total. The maximum atomic E-state index is 13.2. The highest BCUT2D eigenvalue weighted by Gasteiger charge is 2.62. The Morgan fingerprint density at radius 2 is 1.91 bits per heavy atom. The van der Waals surface area contributed by atoms with Gasteiger partial charge in [-0.1, -0.05) is 0 Å². The minimum absolute atomic E-state index is 0.221. The summed E-state index contributed by atoms with van der Waals surface area (Å²) in [6, 6.07) is 0. The van der Waals surface area contributed by atoms with Gasteiger partial charge >= 0.3 is 0 Å². The molecular weight excluding hydrogens is 143 g/mol. The van der Waals surface area contributed by atoms with Crippen molar-refractivity contribution in [2.45, 2.75) is 32.4 Å².